The molecule has 106 valence electrons. The Morgan fingerprint density at radius 2 is 2.15 bits per heavy atom. The second-order valence-electron chi connectivity index (χ2n) is 3.64. The third kappa shape index (κ3) is 4.39. The lowest BCUT2D eigenvalue weighted by Gasteiger charge is -2.04. The van der Waals surface area contributed by atoms with Crippen molar-refractivity contribution >= 4 is 39.9 Å². The molecule has 0 unspecified atom stereocenters. The Kier molecular flexibility index (Phi) is 5.19. The van der Waals surface area contributed by atoms with E-state index in [9.17, 15) is 4.79 Å². The Morgan fingerprint density at radius 1 is 1.40 bits per heavy atom. The van der Waals surface area contributed by atoms with Gasteiger partial charge in [-0.3, -0.25) is 4.79 Å². The summed E-state index contributed by atoms with van der Waals surface area (Å²) in [5.74, 6) is -0.0724. The second-order valence-corrected chi connectivity index (χ2v) is 5.84. The summed E-state index contributed by atoms with van der Waals surface area (Å²) in [6.45, 7) is 2.57. The van der Waals surface area contributed by atoms with Crippen LogP contribution in [0.5, 0.6) is 5.75 Å². The van der Waals surface area contributed by atoms with Crippen LogP contribution in [0.25, 0.3) is 0 Å². The number of aromatic nitrogens is 2. The van der Waals surface area contributed by atoms with Crippen LogP contribution < -0.4 is 10.1 Å². The van der Waals surface area contributed by atoms with Crippen LogP contribution in [0.4, 0.5) is 10.8 Å². The fraction of sp³-hybridized carbons (Fsp3) is 0.250. The second kappa shape index (κ2) is 7.11. The fourth-order valence-corrected chi connectivity index (χ4v) is 2.86. The molecule has 0 atom stereocenters. The highest BCUT2D eigenvalue weighted by atomic mass is 32.2. The van der Waals surface area contributed by atoms with Gasteiger partial charge in [-0.15, -0.1) is 10.2 Å². The number of carbonyl (C=O) groups is 1. The van der Waals surface area contributed by atoms with E-state index in [1.807, 2.05) is 31.2 Å². The number of nitrogens with zero attached hydrogens (tertiary/aromatic N) is 2. The SMILES string of the molecule is CCOc1ccc(Nc2nnc(SCC(=O)O)s2)cc1. The number of rotatable bonds is 7. The van der Waals surface area contributed by atoms with Gasteiger partial charge < -0.3 is 15.2 Å². The molecule has 20 heavy (non-hydrogen) atoms. The molecular weight excluding hydrogens is 298 g/mol. The van der Waals surface area contributed by atoms with Gasteiger partial charge in [0.25, 0.3) is 0 Å². The number of benzene rings is 1. The van der Waals surface area contributed by atoms with Crippen molar-refractivity contribution in [2.45, 2.75) is 11.3 Å². The van der Waals surface area contributed by atoms with E-state index < -0.39 is 5.97 Å². The first-order valence-electron chi connectivity index (χ1n) is 5.85. The van der Waals surface area contributed by atoms with Gasteiger partial charge in [-0.25, -0.2) is 0 Å². The third-order valence-electron chi connectivity index (χ3n) is 2.14. The quantitative estimate of drug-likeness (QED) is 0.760. The molecule has 1 aromatic carbocycles. The Hall–Kier alpha value is -1.80. The van der Waals surface area contributed by atoms with Gasteiger partial charge in [0.1, 0.15) is 5.75 Å². The summed E-state index contributed by atoms with van der Waals surface area (Å²) in [6, 6.07) is 7.51. The van der Waals surface area contributed by atoms with Crippen LogP contribution in [-0.2, 0) is 4.79 Å². The van der Waals surface area contributed by atoms with Gasteiger partial charge in [-0.1, -0.05) is 23.1 Å². The van der Waals surface area contributed by atoms with E-state index in [1.165, 1.54) is 11.3 Å². The predicted molar refractivity (Wildman–Crippen MR) is 79.2 cm³/mol. The molecule has 0 spiro atoms. The van der Waals surface area contributed by atoms with Crippen molar-refractivity contribution in [1.29, 1.82) is 0 Å². The molecule has 0 aliphatic heterocycles. The van der Waals surface area contributed by atoms with Crippen LogP contribution in [0.3, 0.4) is 0 Å². The first kappa shape index (κ1) is 14.6. The zero-order valence-corrected chi connectivity index (χ0v) is 12.3. The van der Waals surface area contributed by atoms with E-state index in [4.69, 9.17) is 9.84 Å². The highest BCUT2D eigenvalue weighted by Crippen LogP contribution is 2.28. The van der Waals surface area contributed by atoms with E-state index in [2.05, 4.69) is 15.5 Å². The van der Waals surface area contributed by atoms with Crippen molar-refractivity contribution in [3.8, 4) is 5.75 Å². The summed E-state index contributed by atoms with van der Waals surface area (Å²) in [7, 11) is 0. The summed E-state index contributed by atoms with van der Waals surface area (Å²) in [6.07, 6.45) is 0. The predicted octanol–water partition coefficient (Wildman–Crippen LogP) is 2.86. The van der Waals surface area contributed by atoms with E-state index in [1.54, 1.807) is 0 Å². The van der Waals surface area contributed by atoms with Crippen molar-refractivity contribution in [3.63, 3.8) is 0 Å². The number of ether oxygens (including phenoxy) is 1. The largest absolute Gasteiger partial charge is 0.494 e. The Balaban J connectivity index is 1.94. The van der Waals surface area contributed by atoms with Crippen LogP contribution >= 0.6 is 23.1 Å². The molecule has 2 rings (SSSR count). The molecule has 0 saturated carbocycles. The maximum absolute atomic E-state index is 10.5. The van der Waals surface area contributed by atoms with Crippen molar-refractivity contribution in [3.05, 3.63) is 24.3 Å². The number of hydrogen-bond donors (Lipinski definition) is 2. The van der Waals surface area contributed by atoms with E-state index in [0.29, 0.717) is 16.1 Å². The standard InChI is InChI=1S/C12H13N3O3S2/c1-2-18-9-5-3-8(4-6-9)13-11-14-15-12(20-11)19-7-10(16)17/h3-6H,2,7H2,1H3,(H,13,14)(H,16,17). The average molecular weight is 311 g/mol. The molecule has 2 N–H and O–H groups in total. The lowest BCUT2D eigenvalue weighted by atomic mass is 10.3. The Bertz CT molecular complexity index is 572. The van der Waals surface area contributed by atoms with Gasteiger partial charge in [0.2, 0.25) is 5.13 Å². The number of anilines is 2. The summed E-state index contributed by atoms with van der Waals surface area (Å²) in [5, 5.41) is 20.2. The maximum atomic E-state index is 10.5. The van der Waals surface area contributed by atoms with Crippen LogP contribution in [0.2, 0.25) is 0 Å². The van der Waals surface area contributed by atoms with E-state index in [0.717, 1.165) is 23.2 Å². The van der Waals surface area contributed by atoms with Crippen molar-refractivity contribution < 1.29 is 14.6 Å². The van der Waals surface area contributed by atoms with Crippen LogP contribution in [-0.4, -0.2) is 33.6 Å². The highest BCUT2D eigenvalue weighted by Gasteiger charge is 2.07. The number of carboxylic acid groups (broad SMARTS) is 1. The topological polar surface area (TPSA) is 84.3 Å². The van der Waals surface area contributed by atoms with Gasteiger partial charge in [-0.2, -0.15) is 0 Å². The molecule has 1 heterocycles. The normalized spacial score (nSPS) is 10.2. The number of aliphatic carboxylic acids is 1. The highest BCUT2D eigenvalue weighted by molar-refractivity contribution is 8.01. The van der Waals surface area contributed by atoms with Gasteiger partial charge in [0, 0.05) is 5.69 Å². The monoisotopic (exact) mass is 311 g/mol. The molecule has 0 radical (unpaired) electrons. The first-order valence-corrected chi connectivity index (χ1v) is 7.65. The molecule has 0 saturated heterocycles. The Labute approximate surface area is 124 Å². The summed E-state index contributed by atoms with van der Waals surface area (Å²) >= 11 is 2.47. The number of hydrogen-bond acceptors (Lipinski definition) is 7. The van der Waals surface area contributed by atoms with Gasteiger partial charge in [-0.05, 0) is 31.2 Å². The molecular formula is C12H13N3O3S2. The van der Waals surface area contributed by atoms with Crippen LogP contribution in [0.1, 0.15) is 6.92 Å². The van der Waals surface area contributed by atoms with Gasteiger partial charge >= 0.3 is 5.97 Å². The summed E-state index contributed by atoms with van der Waals surface area (Å²) in [5.41, 5.74) is 0.874. The molecule has 0 aliphatic carbocycles. The van der Waals surface area contributed by atoms with Gasteiger partial charge in [0.15, 0.2) is 4.34 Å². The zero-order valence-electron chi connectivity index (χ0n) is 10.7. The fourth-order valence-electron chi connectivity index (χ4n) is 1.37. The minimum absolute atomic E-state index is 0.0162. The summed E-state index contributed by atoms with van der Waals surface area (Å²) < 4.78 is 5.98. The lowest BCUT2D eigenvalue weighted by molar-refractivity contribution is -0.133. The third-order valence-corrected chi connectivity index (χ3v) is 4.10. The van der Waals surface area contributed by atoms with Crippen LogP contribution in [0, 0.1) is 0 Å². The first-order chi connectivity index (χ1) is 9.67. The minimum atomic E-state index is -0.869. The average Bonchev–Trinajstić information content (AvgIpc) is 2.87. The smallest absolute Gasteiger partial charge is 0.313 e. The molecule has 2 aromatic rings. The number of carboxylic acids is 1. The lowest BCUT2D eigenvalue weighted by Crippen LogP contribution is -1.96. The molecule has 8 heteroatoms. The van der Waals surface area contributed by atoms with Crippen LogP contribution in [0.15, 0.2) is 28.6 Å². The molecule has 0 aliphatic rings. The molecule has 1 aromatic heterocycles. The van der Waals surface area contributed by atoms with E-state index in [-0.39, 0.29) is 5.75 Å². The maximum Gasteiger partial charge on any atom is 0.313 e. The Morgan fingerprint density at radius 3 is 2.80 bits per heavy atom. The van der Waals surface area contributed by atoms with Crippen molar-refractivity contribution in [2.24, 2.45) is 0 Å². The van der Waals surface area contributed by atoms with Crippen molar-refractivity contribution in [2.75, 3.05) is 17.7 Å². The zero-order chi connectivity index (χ0) is 14.4. The molecule has 6 nitrogen and oxygen atoms in total. The summed E-state index contributed by atoms with van der Waals surface area (Å²) in [4.78, 5) is 10.5. The van der Waals surface area contributed by atoms with Crippen molar-refractivity contribution in [1.82, 2.24) is 10.2 Å². The van der Waals surface area contributed by atoms with Gasteiger partial charge in [0.05, 0.1) is 12.4 Å². The minimum Gasteiger partial charge on any atom is -0.494 e. The number of nitrogens with one attached hydrogen (secondary N) is 1. The molecule has 0 bridgehead atoms. The molecule has 0 fully saturated rings. The molecule has 0 amide bonds. The van der Waals surface area contributed by atoms with E-state index >= 15 is 0 Å². The number of thioether (sulfide) groups is 1.